The molecule has 7 heteroatoms. The summed E-state index contributed by atoms with van der Waals surface area (Å²) < 4.78 is 12.4. The van der Waals surface area contributed by atoms with Crippen molar-refractivity contribution in [3.8, 4) is 0 Å². The number of rotatable bonds is 4. The maximum atomic E-state index is 13.5. The lowest BCUT2D eigenvalue weighted by atomic mass is 9.78. The highest BCUT2D eigenvalue weighted by molar-refractivity contribution is 6.62. The van der Waals surface area contributed by atoms with Crippen LogP contribution in [-0.4, -0.2) is 52.5 Å². The average molecular weight is 460 g/mol. The Morgan fingerprint density at radius 1 is 1.00 bits per heavy atom. The number of carbonyl (C=O) groups excluding carboxylic acids is 2. The van der Waals surface area contributed by atoms with E-state index >= 15 is 0 Å². The SMILES string of the molecule is CCC(C(=O)N1CCc2ccccc2C1)N1Cc2ccc(B3OC(C)(C)C(C)(C)O3)cc2C1=O. The third-order valence-corrected chi connectivity index (χ3v) is 7.98. The molecule has 2 aromatic rings. The van der Waals surface area contributed by atoms with Crippen LogP contribution in [0.3, 0.4) is 0 Å². The van der Waals surface area contributed by atoms with E-state index < -0.39 is 24.4 Å². The zero-order valence-corrected chi connectivity index (χ0v) is 20.8. The van der Waals surface area contributed by atoms with Crippen molar-refractivity contribution in [3.63, 3.8) is 0 Å². The first-order valence-electron chi connectivity index (χ1n) is 12.3. The van der Waals surface area contributed by atoms with Gasteiger partial charge in [0.25, 0.3) is 5.91 Å². The molecule has 1 fully saturated rings. The smallest absolute Gasteiger partial charge is 0.399 e. The Morgan fingerprint density at radius 3 is 2.35 bits per heavy atom. The highest BCUT2D eigenvalue weighted by Gasteiger charge is 2.52. The van der Waals surface area contributed by atoms with Crippen molar-refractivity contribution < 1.29 is 18.9 Å². The summed E-state index contributed by atoms with van der Waals surface area (Å²) in [5, 5.41) is 0. The van der Waals surface area contributed by atoms with Crippen LogP contribution in [0.25, 0.3) is 0 Å². The van der Waals surface area contributed by atoms with E-state index in [0.29, 0.717) is 31.6 Å². The first-order valence-corrected chi connectivity index (χ1v) is 12.3. The lowest BCUT2D eigenvalue weighted by molar-refractivity contribution is -0.137. The Balaban J connectivity index is 1.34. The number of fused-ring (bicyclic) bond motifs is 2. The van der Waals surface area contributed by atoms with Gasteiger partial charge in [0.05, 0.1) is 11.2 Å². The van der Waals surface area contributed by atoms with Gasteiger partial charge in [0.2, 0.25) is 5.91 Å². The fourth-order valence-corrected chi connectivity index (χ4v) is 5.14. The molecule has 3 heterocycles. The second-order valence-electron chi connectivity index (χ2n) is 10.6. The third kappa shape index (κ3) is 3.75. The van der Waals surface area contributed by atoms with Crippen molar-refractivity contribution in [2.24, 2.45) is 0 Å². The van der Waals surface area contributed by atoms with Gasteiger partial charge in [-0.05, 0) is 68.8 Å². The molecule has 0 saturated carbocycles. The third-order valence-electron chi connectivity index (χ3n) is 7.98. The Hall–Kier alpha value is -2.64. The molecular formula is C27H33BN2O4. The van der Waals surface area contributed by atoms with E-state index in [2.05, 4.69) is 12.1 Å². The lowest BCUT2D eigenvalue weighted by Crippen LogP contribution is -2.49. The summed E-state index contributed by atoms with van der Waals surface area (Å²) in [5.74, 6) is -0.0599. The Labute approximate surface area is 202 Å². The predicted octanol–water partition coefficient (Wildman–Crippen LogP) is 3.31. The normalized spacial score (nSPS) is 21.4. The van der Waals surface area contributed by atoms with E-state index in [1.807, 2.05) is 69.9 Å². The molecule has 34 heavy (non-hydrogen) atoms. The Kier molecular flexibility index (Phi) is 5.61. The van der Waals surface area contributed by atoms with Crippen LogP contribution < -0.4 is 5.46 Å². The van der Waals surface area contributed by atoms with Gasteiger partial charge in [-0.1, -0.05) is 43.3 Å². The molecule has 3 aliphatic rings. The Morgan fingerprint density at radius 2 is 1.68 bits per heavy atom. The van der Waals surface area contributed by atoms with Crippen LogP contribution in [-0.2, 0) is 33.6 Å². The van der Waals surface area contributed by atoms with Crippen molar-refractivity contribution in [2.45, 2.75) is 77.8 Å². The zero-order chi connectivity index (χ0) is 24.3. The summed E-state index contributed by atoms with van der Waals surface area (Å²) in [4.78, 5) is 30.7. The molecule has 0 aromatic heterocycles. The largest absolute Gasteiger partial charge is 0.494 e. The van der Waals surface area contributed by atoms with Gasteiger partial charge in [-0.2, -0.15) is 0 Å². The topological polar surface area (TPSA) is 59.1 Å². The van der Waals surface area contributed by atoms with E-state index in [9.17, 15) is 9.59 Å². The van der Waals surface area contributed by atoms with Gasteiger partial charge >= 0.3 is 7.12 Å². The van der Waals surface area contributed by atoms with Crippen molar-refractivity contribution >= 4 is 24.4 Å². The first kappa shape index (κ1) is 23.1. The zero-order valence-electron chi connectivity index (χ0n) is 20.8. The molecule has 2 aromatic carbocycles. The highest BCUT2D eigenvalue weighted by Crippen LogP contribution is 2.37. The number of amides is 2. The van der Waals surface area contributed by atoms with Crippen LogP contribution in [0.2, 0.25) is 0 Å². The summed E-state index contributed by atoms with van der Waals surface area (Å²) in [6.45, 7) is 11.8. The average Bonchev–Trinajstić information content (AvgIpc) is 3.25. The minimum Gasteiger partial charge on any atom is -0.399 e. The molecule has 0 radical (unpaired) electrons. The van der Waals surface area contributed by atoms with E-state index in [1.54, 1.807) is 4.90 Å². The van der Waals surface area contributed by atoms with Crippen LogP contribution in [0.1, 0.15) is 68.1 Å². The van der Waals surface area contributed by atoms with E-state index in [0.717, 1.165) is 17.4 Å². The van der Waals surface area contributed by atoms with E-state index in [4.69, 9.17) is 9.31 Å². The fraction of sp³-hybridized carbons (Fsp3) is 0.481. The van der Waals surface area contributed by atoms with Crippen LogP contribution in [0, 0.1) is 0 Å². The van der Waals surface area contributed by atoms with Crippen molar-refractivity contribution in [2.75, 3.05) is 6.54 Å². The van der Waals surface area contributed by atoms with Gasteiger partial charge in [0, 0.05) is 25.2 Å². The molecule has 0 aliphatic carbocycles. The molecule has 2 amide bonds. The molecule has 6 nitrogen and oxygen atoms in total. The predicted molar refractivity (Wildman–Crippen MR) is 132 cm³/mol. The van der Waals surface area contributed by atoms with Crippen LogP contribution >= 0.6 is 0 Å². The Bertz CT molecular complexity index is 1130. The lowest BCUT2D eigenvalue weighted by Gasteiger charge is -2.34. The van der Waals surface area contributed by atoms with Gasteiger partial charge in [0.1, 0.15) is 6.04 Å². The standard InChI is InChI=1S/C27H33BN2O4/c1-6-23(25(32)29-14-13-18-9-7-8-10-19(18)16-29)30-17-20-11-12-21(15-22(20)24(30)31)28-33-26(2,3)27(4,5)34-28/h7-12,15,23H,6,13-14,16-17H2,1-5H3. The molecule has 1 unspecified atom stereocenters. The quantitative estimate of drug-likeness (QED) is 0.658. The van der Waals surface area contributed by atoms with Crippen LogP contribution in [0.5, 0.6) is 0 Å². The van der Waals surface area contributed by atoms with Crippen molar-refractivity contribution in [1.29, 1.82) is 0 Å². The summed E-state index contributed by atoms with van der Waals surface area (Å²) in [5.41, 5.74) is 4.03. The molecule has 1 atom stereocenters. The number of carbonyl (C=O) groups is 2. The molecule has 3 aliphatic heterocycles. The molecule has 178 valence electrons. The molecule has 0 bridgehead atoms. The van der Waals surface area contributed by atoms with Crippen molar-refractivity contribution in [1.82, 2.24) is 9.80 Å². The molecule has 5 rings (SSSR count). The van der Waals surface area contributed by atoms with E-state index in [1.165, 1.54) is 11.1 Å². The number of benzene rings is 2. The maximum Gasteiger partial charge on any atom is 0.494 e. The fourth-order valence-electron chi connectivity index (χ4n) is 5.14. The van der Waals surface area contributed by atoms with Crippen LogP contribution in [0.4, 0.5) is 0 Å². The summed E-state index contributed by atoms with van der Waals surface area (Å²) in [6.07, 6.45) is 1.44. The minimum atomic E-state index is -0.519. The van der Waals surface area contributed by atoms with Gasteiger partial charge in [-0.3, -0.25) is 9.59 Å². The van der Waals surface area contributed by atoms with Gasteiger partial charge in [0.15, 0.2) is 0 Å². The second-order valence-corrected chi connectivity index (χ2v) is 10.6. The monoisotopic (exact) mass is 460 g/mol. The summed E-state index contributed by atoms with van der Waals surface area (Å²) in [6, 6.07) is 13.6. The van der Waals surface area contributed by atoms with E-state index in [-0.39, 0.29) is 11.8 Å². The minimum absolute atomic E-state index is 0.0318. The number of hydrogen-bond acceptors (Lipinski definition) is 4. The number of nitrogens with zero attached hydrogens (tertiary/aromatic N) is 2. The van der Waals surface area contributed by atoms with Crippen LogP contribution in [0.15, 0.2) is 42.5 Å². The van der Waals surface area contributed by atoms with Crippen molar-refractivity contribution in [3.05, 3.63) is 64.7 Å². The summed E-state index contributed by atoms with van der Waals surface area (Å²) >= 11 is 0. The maximum absolute atomic E-state index is 13.5. The first-order chi connectivity index (χ1) is 16.1. The molecule has 0 spiro atoms. The van der Waals surface area contributed by atoms with Gasteiger partial charge in [-0.25, -0.2) is 0 Å². The van der Waals surface area contributed by atoms with Gasteiger partial charge < -0.3 is 19.1 Å². The molecular weight excluding hydrogens is 427 g/mol. The second kappa shape index (κ2) is 8.24. The summed E-state index contributed by atoms with van der Waals surface area (Å²) in [7, 11) is -0.519. The molecule has 1 saturated heterocycles. The molecule has 0 N–H and O–H groups in total. The number of hydrogen-bond donors (Lipinski definition) is 0. The van der Waals surface area contributed by atoms with Gasteiger partial charge in [-0.15, -0.1) is 0 Å². The highest BCUT2D eigenvalue weighted by atomic mass is 16.7.